The van der Waals surface area contributed by atoms with Crippen LogP contribution in [0, 0.1) is 0 Å². The molecule has 0 amide bonds. The molecular formula is C22H25F3O7. The van der Waals surface area contributed by atoms with Crippen LogP contribution in [0.1, 0.15) is 19.4 Å². The molecule has 0 unspecified atom stereocenters. The summed E-state index contributed by atoms with van der Waals surface area (Å²) in [5.41, 5.74) is -4.05. The van der Waals surface area contributed by atoms with Crippen LogP contribution in [0.3, 0.4) is 0 Å². The second-order valence-corrected chi connectivity index (χ2v) is 7.01. The van der Waals surface area contributed by atoms with Gasteiger partial charge in [0.15, 0.2) is 0 Å². The molecule has 1 aromatic carbocycles. The molecule has 10 heteroatoms. The molecule has 0 radical (unpaired) electrons. The molecule has 0 saturated heterocycles. The Labute approximate surface area is 183 Å². The van der Waals surface area contributed by atoms with E-state index in [0.717, 1.165) is 26.4 Å². The average molecular weight is 458 g/mol. The van der Waals surface area contributed by atoms with E-state index in [0.29, 0.717) is 0 Å². The van der Waals surface area contributed by atoms with Crippen molar-refractivity contribution in [3.63, 3.8) is 0 Å². The molecule has 0 spiro atoms. The van der Waals surface area contributed by atoms with Crippen molar-refractivity contribution in [3.05, 3.63) is 59.7 Å². The van der Waals surface area contributed by atoms with Gasteiger partial charge in [0.05, 0.1) is 12.7 Å². The van der Waals surface area contributed by atoms with E-state index in [1.54, 1.807) is 13.0 Å². The van der Waals surface area contributed by atoms with E-state index >= 15 is 0 Å². The normalized spacial score (nSPS) is 24.4. The number of aliphatic hydroxyl groups excluding tert-OH is 1. The summed E-state index contributed by atoms with van der Waals surface area (Å²) in [4.78, 5) is 25.1. The number of halogens is 3. The van der Waals surface area contributed by atoms with Crippen LogP contribution in [0.2, 0.25) is 0 Å². The zero-order valence-corrected chi connectivity index (χ0v) is 18.0. The quantitative estimate of drug-likeness (QED) is 0.496. The number of benzene rings is 1. The smallest absolute Gasteiger partial charge is 0.432 e. The van der Waals surface area contributed by atoms with Crippen LogP contribution in [0.5, 0.6) is 0 Å². The molecule has 1 aromatic rings. The second kappa shape index (κ2) is 10.3. The summed E-state index contributed by atoms with van der Waals surface area (Å²) in [7, 11) is 1.85. The molecule has 176 valence electrons. The van der Waals surface area contributed by atoms with E-state index in [9.17, 15) is 27.9 Å². The van der Waals surface area contributed by atoms with Gasteiger partial charge in [-0.05, 0) is 19.9 Å². The van der Waals surface area contributed by atoms with Gasteiger partial charge in [-0.15, -0.1) is 0 Å². The number of hydrogen-bond donors (Lipinski definition) is 1. The van der Waals surface area contributed by atoms with Crippen LogP contribution in [-0.4, -0.2) is 61.9 Å². The summed E-state index contributed by atoms with van der Waals surface area (Å²) in [6.45, 7) is 2.94. The molecule has 2 rings (SSSR count). The monoisotopic (exact) mass is 458 g/mol. The number of esters is 2. The highest BCUT2D eigenvalue weighted by molar-refractivity contribution is 5.90. The highest BCUT2D eigenvalue weighted by Gasteiger charge is 2.64. The van der Waals surface area contributed by atoms with E-state index in [1.165, 1.54) is 37.3 Å². The van der Waals surface area contributed by atoms with Crippen molar-refractivity contribution in [1.29, 1.82) is 0 Å². The number of carbonyl (C=O) groups excluding carboxylic acids is 2. The lowest BCUT2D eigenvalue weighted by atomic mass is 9.92. The van der Waals surface area contributed by atoms with Gasteiger partial charge in [0.2, 0.25) is 0 Å². The molecule has 7 nitrogen and oxygen atoms in total. The summed E-state index contributed by atoms with van der Waals surface area (Å²) in [6.07, 6.45) is -5.69. The van der Waals surface area contributed by atoms with Gasteiger partial charge in [-0.25, -0.2) is 9.59 Å². The van der Waals surface area contributed by atoms with Gasteiger partial charge < -0.3 is 24.1 Å². The summed E-state index contributed by atoms with van der Waals surface area (Å²) in [5.74, 6) is -2.61. The maximum Gasteiger partial charge on any atom is 0.432 e. The van der Waals surface area contributed by atoms with Crippen LogP contribution in [0.25, 0.3) is 0 Å². The minimum Gasteiger partial charge on any atom is -0.466 e. The highest BCUT2D eigenvalue weighted by atomic mass is 19.4. The Morgan fingerprint density at radius 3 is 2.31 bits per heavy atom. The molecule has 1 aliphatic rings. The topological polar surface area (TPSA) is 91.3 Å². The average Bonchev–Trinajstić information content (AvgIpc) is 2.75. The van der Waals surface area contributed by atoms with E-state index in [2.05, 4.69) is 4.74 Å². The minimum atomic E-state index is -5.15. The Morgan fingerprint density at radius 1 is 1.19 bits per heavy atom. The Kier molecular flexibility index (Phi) is 8.22. The number of methoxy groups -OCH3 is 2. The van der Waals surface area contributed by atoms with Crippen LogP contribution < -0.4 is 0 Å². The number of ether oxygens (including phenoxy) is 4. The summed E-state index contributed by atoms with van der Waals surface area (Å²) in [5, 5.41) is 10.2. The van der Waals surface area contributed by atoms with E-state index < -0.39 is 53.7 Å². The molecule has 0 aliphatic carbocycles. The van der Waals surface area contributed by atoms with Crippen molar-refractivity contribution < 1.29 is 46.8 Å². The van der Waals surface area contributed by atoms with E-state index in [-0.39, 0.29) is 5.57 Å². The number of aliphatic hydroxyl groups is 1. The molecule has 1 aliphatic heterocycles. The molecule has 5 atom stereocenters. The lowest BCUT2D eigenvalue weighted by molar-refractivity contribution is -0.279. The van der Waals surface area contributed by atoms with Crippen molar-refractivity contribution >= 4 is 11.9 Å². The number of hydrogen-bond acceptors (Lipinski definition) is 7. The van der Waals surface area contributed by atoms with Gasteiger partial charge in [-0.2, -0.15) is 13.2 Å². The van der Waals surface area contributed by atoms with Crippen molar-refractivity contribution in [2.24, 2.45) is 0 Å². The van der Waals surface area contributed by atoms with Crippen LogP contribution in [-0.2, 0) is 34.1 Å². The predicted molar refractivity (Wildman–Crippen MR) is 106 cm³/mol. The highest BCUT2D eigenvalue weighted by Crippen LogP contribution is 2.43. The first-order chi connectivity index (χ1) is 15.0. The number of rotatable bonds is 7. The zero-order chi connectivity index (χ0) is 24.1. The lowest BCUT2D eigenvalue weighted by Gasteiger charge is -2.37. The first-order valence-corrected chi connectivity index (χ1v) is 9.68. The zero-order valence-electron chi connectivity index (χ0n) is 18.0. The number of allylic oxidation sites excluding steroid dienone is 1. The summed E-state index contributed by atoms with van der Waals surface area (Å²) < 4.78 is 62.5. The third-order valence-electron chi connectivity index (χ3n) is 4.99. The first-order valence-electron chi connectivity index (χ1n) is 9.68. The van der Waals surface area contributed by atoms with Gasteiger partial charge in [0, 0.05) is 12.7 Å². The van der Waals surface area contributed by atoms with Crippen molar-refractivity contribution in [1.82, 2.24) is 0 Å². The fourth-order valence-electron chi connectivity index (χ4n) is 3.41. The minimum absolute atomic E-state index is 0.184. The molecule has 0 aromatic heterocycles. The number of alkyl halides is 3. The largest absolute Gasteiger partial charge is 0.466 e. The van der Waals surface area contributed by atoms with Crippen LogP contribution in [0.15, 0.2) is 54.1 Å². The maximum absolute atomic E-state index is 14.1. The Hall–Kier alpha value is -2.69. The maximum atomic E-state index is 14.1. The van der Waals surface area contributed by atoms with Gasteiger partial charge in [0.25, 0.3) is 5.60 Å². The standard InChI is InChI=1S/C22H25F3O7/c1-5-9-17-16(26)12-15(19(27)29-3)18(32-17)13(2)31-20(28)21(30-4,22(23,24)25)14-10-7-6-8-11-14/h5-13,16-18,26H,1-4H3/b9-5+/t13-,16+,17-,18+,21-/m0/s1. The van der Waals surface area contributed by atoms with E-state index in [1.807, 2.05) is 0 Å². The Balaban J connectivity index is 2.43. The van der Waals surface area contributed by atoms with Gasteiger partial charge in [-0.3, -0.25) is 0 Å². The lowest BCUT2D eigenvalue weighted by Crippen LogP contribution is -2.54. The van der Waals surface area contributed by atoms with Crippen molar-refractivity contribution in [2.45, 2.75) is 50.0 Å². The van der Waals surface area contributed by atoms with Gasteiger partial charge in [-0.1, -0.05) is 42.5 Å². The fourth-order valence-corrected chi connectivity index (χ4v) is 3.41. The van der Waals surface area contributed by atoms with Crippen molar-refractivity contribution in [2.75, 3.05) is 14.2 Å². The SMILES string of the molecule is C/C=C/[C@@H]1O[C@H]([C@H](C)OC(=O)[C@@](OC)(c2ccccc2)C(F)(F)F)C(C(=O)OC)=C[C@H]1O. The fraction of sp³-hybridized carbons (Fsp3) is 0.455. The molecular weight excluding hydrogens is 433 g/mol. The second-order valence-electron chi connectivity index (χ2n) is 7.01. The molecule has 1 N–H and O–H groups in total. The molecule has 32 heavy (non-hydrogen) atoms. The van der Waals surface area contributed by atoms with Crippen LogP contribution >= 0.6 is 0 Å². The van der Waals surface area contributed by atoms with Gasteiger partial charge >= 0.3 is 18.1 Å². The summed E-state index contributed by atoms with van der Waals surface area (Å²) >= 11 is 0. The third kappa shape index (κ3) is 4.87. The first kappa shape index (κ1) is 25.6. The van der Waals surface area contributed by atoms with Crippen molar-refractivity contribution in [3.8, 4) is 0 Å². The Bertz CT molecular complexity index is 866. The van der Waals surface area contributed by atoms with Crippen LogP contribution in [0.4, 0.5) is 13.2 Å². The number of carbonyl (C=O) groups is 2. The van der Waals surface area contributed by atoms with Gasteiger partial charge in [0.1, 0.15) is 24.4 Å². The Morgan fingerprint density at radius 2 is 1.81 bits per heavy atom. The van der Waals surface area contributed by atoms with E-state index in [4.69, 9.17) is 14.2 Å². The molecule has 0 fully saturated rings. The molecule has 0 saturated carbocycles. The molecule has 1 heterocycles. The predicted octanol–water partition coefficient (Wildman–Crippen LogP) is 2.83. The summed E-state index contributed by atoms with van der Waals surface area (Å²) in [6, 6.07) is 6.34. The molecule has 0 bridgehead atoms. The third-order valence-corrected chi connectivity index (χ3v) is 4.99.